The number of hydrogen-bond donors (Lipinski definition) is 1. The van der Waals surface area contributed by atoms with Crippen LogP contribution in [0.2, 0.25) is 10.0 Å². The Bertz CT molecular complexity index is 1080. The summed E-state index contributed by atoms with van der Waals surface area (Å²) in [6, 6.07) is 13.2. The number of H-pyrrole nitrogens is 1. The van der Waals surface area contributed by atoms with Crippen molar-refractivity contribution in [1.82, 2.24) is 15.2 Å². The van der Waals surface area contributed by atoms with Crippen LogP contribution in [-0.4, -0.2) is 34.2 Å². The summed E-state index contributed by atoms with van der Waals surface area (Å²) >= 11 is 16.1. The maximum absolute atomic E-state index is 13.9. The minimum atomic E-state index is -0.168. The number of anilines is 1. The smallest absolute Gasteiger partial charge is 0.272 e. The lowest BCUT2D eigenvalue weighted by Crippen LogP contribution is -2.49. The molecule has 3 aromatic rings. The van der Waals surface area contributed by atoms with E-state index in [1.54, 1.807) is 23.2 Å². The van der Waals surface area contributed by atoms with Crippen molar-refractivity contribution in [3.8, 4) is 11.3 Å². The molecule has 2 heterocycles. The second-order valence-corrected chi connectivity index (χ2v) is 9.27. The third-order valence-electron chi connectivity index (χ3n) is 5.50. The van der Waals surface area contributed by atoms with Crippen molar-refractivity contribution in [3.63, 3.8) is 0 Å². The van der Waals surface area contributed by atoms with Gasteiger partial charge in [0.15, 0.2) is 0 Å². The molecule has 0 saturated carbocycles. The van der Waals surface area contributed by atoms with Gasteiger partial charge in [0, 0.05) is 33.7 Å². The number of carbonyl (C=O) groups is 1. The van der Waals surface area contributed by atoms with Crippen molar-refractivity contribution < 1.29 is 4.79 Å². The van der Waals surface area contributed by atoms with E-state index in [9.17, 15) is 4.79 Å². The number of aromatic nitrogens is 2. The van der Waals surface area contributed by atoms with Crippen molar-refractivity contribution >= 4 is 50.7 Å². The molecule has 5 nitrogen and oxygen atoms in total. The summed E-state index contributed by atoms with van der Waals surface area (Å²) in [6.07, 6.45) is 3.89. The minimum absolute atomic E-state index is 0.168. The molecule has 1 fully saturated rings. The van der Waals surface area contributed by atoms with Crippen LogP contribution in [0.1, 0.15) is 42.2 Å². The van der Waals surface area contributed by atoms with Gasteiger partial charge in [-0.1, -0.05) is 64.6 Å². The van der Waals surface area contributed by atoms with Crippen molar-refractivity contribution in [2.75, 3.05) is 18.1 Å². The van der Waals surface area contributed by atoms with Gasteiger partial charge in [0.1, 0.15) is 5.69 Å². The molecule has 4 rings (SSSR count). The van der Waals surface area contributed by atoms with Gasteiger partial charge in [-0.3, -0.25) is 9.89 Å². The highest BCUT2D eigenvalue weighted by atomic mass is 79.9. The lowest BCUT2D eigenvalue weighted by molar-refractivity contribution is 0.0866. The van der Waals surface area contributed by atoms with Crippen molar-refractivity contribution in [3.05, 3.63) is 68.2 Å². The van der Waals surface area contributed by atoms with Crippen LogP contribution in [0, 0.1) is 0 Å². The fraction of sp³-hybridized carbons (Fsp3) is 0.304. The molecule has 1 saturated heterocycles. The summed E-state index contributed by atoms with van der Waals surface area (Å²) in [4.78, 5) is 13.9. The molecular formula is C23H23BrCl2N4O. The molecular weight excluding hydrogens is 499 g/mol. The van der Waals surface area contributed by atoms with Crippen LogP contribution in [0.3, 0.4) is 0 Å². The summed E-state index contributed by atoms with van der Waals surface area (Å²) < 4.78 is 0.995. The number of benzene rings is 2. The molecule has 0 radical (unpaired) electrons. The van der Waals surface area contributed by atoms with Crippen LogP contribution in [0.25, 0.3) is 11.3 Å². The van der Waals surface area contributed by atoms with Gasteiger partial charge in [-0.2, -0.15) is 5.10 Å². The van der Waals surface area contributed by atoms with Gasteiger partial charge >= 0.3 is 0 Å². The SMILES string of the molecule is CCc1c(-c2ccc(Br)cc2)n[nH]c1C(=O)N(c1ccc(Cl)cc1Cl)N1CCCCC1. The zero-order valence-electron chi connectivity index (χ0n) is 17.2. The predicted octanol–water partition coefficient (Wildman–Crippen LogP) is 6.76. The van der Waals surface area contributed by atoms with Crippen LogP contribution in [-0.2, 0) is 6.42 Å². The van der Waals surface area contributed by atoms with Gasteiger partial charge in [0.05, 0.1) is 16.4 Å². The largest absolute Gasteiger partial charge is 0.291 e. The molecule has 1 amide bonds. The second-order valence-electron chi connectivity index (χ2n) is 7.51. The molecule has 0 atom stereocenters. The summed E-state index contributed by atoms with van der Waals surface area (Å²) in [5, 5.41) is 12.3. The van der Waals surface area contributed by atoms with E-state index < -0.39 is 0 Å². The van der Waals surface area contributed by atoms with E-state index in [-0.39, 0.29) is 5.91 Å². The van der Waals surface area contributed by atoms with Crippen LogP contribution in [0.4, 0.5) is 5.69 Å². The molecule has 8 heteroatoms. The first-order valence-electron chi connectivity index (χ1n) is 10.4. The third-order valence-corrected chi connectivity index (χ3v) is 6.56. The Balaban J connectivity index is 1.77. The maximum atomic E-state index is 13.9. The zero-order chi connectivity index (χ0) is 22.0. The van der Waals surface area contributed by atoms with E-state index in [1.807, 2.05) is 31.2 Å². The Morgan fingerprint density at radius 2 is 1.84 bits per heavy atom. The van der Waals surface area contributed by atoms with Crippen LogP contribution < -0.4 is 5.01 Å². The summed E-state index contributed by atoms with van der Waals surface area (Å²) in [7, 11) is 0. The maximum Gasteiger partial charge on any atom is 0.291 e. The predicted molar refractivity (Wildman–Crippen MR) is 130 cm³/mol. The normalized spacial score (nSPS) is 14.6. The molecule has 1 N–H and O–H groups in total. The standard InChI is InChI=1S/C23H23BrCl2N4O/c1-2-18-21(15-6-8-16(24)9-7-15)27-28-22(18)23(31)30(29-12-4-3-5-13-29)20-11-10-17(25)14-19(20)26/h6-11,14H,2-5,12-13H2,1H3,(H,27,28). The Labute approximate surface area is 200 Å². The number of nitrogens with one attached hydrogen (secondary N) is 1. The fourth-order valence-electron chi connectivity index (χ4n) is 3.96. The van der Waals surface area contributed by atoms with E-state index >= 15 is 0 Å². The molecule has 0 unspecified atom stereocenters. The first-order valence-corrected chi connectivity index (χ1v) is 11.9. The second kappa shape index (κ2) is 9.74. The van der Waals surface area contributed by atoms with E-state index in [1.165, 1.54) is 0 Å². The van der Waals surface area contributed by atoms with Crippen molar-refractivity contribution in [1.29, 1.82) is 0 Å². The van der Waals surface area contributed by atoms with E-state index in [0.717, 1.165) is 53.6 Å². The number of aromatic amines is 1. The number of carbonyl (C=O) groups excluding carboxylic acids is 1. The number of piperidine rings is 1. The summed E-state index contributed by atoms with van der Waals surface area (Å²) in [5.74, 6) is -0.168. The number of hydrazine groups is 1. The first kappa shape index (κ1) is 22.3. The highest BCUT2D eigenvalue weighted by Crippen LogP contribution is 2.33. The summed E-state index contributed by atoms with van der Waals surface area (Å²) in [5.41, 5.74) is 3.75. The highest BCUT2D eigenvalue weighted by Gasteiger charge is 2.31. The molecule has 1 aliphatic rings. The molecule has 2 aromatic carbocycles. The Hall–Kier alpha value is -1.86. The number of halogens is 3. The fourth-order valence-corrected chi connectivity index (χ4v) is 4.71. The molecule has 0 spiro atoms. The summed E-state index contributed by atoms with van der Waals surface area (Å²) in [6.45, 7) is 3.62. The number of nitrogens with zero attached hydrogens (tertiary/aromatic N) is 3. The third kappa shape index (κ3) is 4.67. The molecule has 162 valence electrons. The monoisotopic (exact) mass is 520 g/mol. The average molecular weight is 522 g/mol. The molecule has 1 aromatic heterocycles. The molecule has 0 bridgehead atoms. The quantitative estimate of drug-likeness (QED) is 0.403. The van der Waals surface area contributed by atoms with E-state index in [2.05, 4.69) is 31.1 Å². The van der Waals surface area contributed by atoms with Crippen molar-refractivity contribution in [2.24, 2.45) is 0 Å². The van der Waals surface area contributed by atoms with Gasteiger partial charge in [0.25, 0.3) is 5.91 Å². The lowest BCUT2D eigenvalue weighted by Gasteiger charge is -2.37. The average Bonchev–Trinajstić information content (AvgIpc) is 3.21. The van der Waals surface area contributed by atoms with Gasteiger partial charge in [-0.25, -0.2) is 10.0 Å². The van der Waals surface area contributed by atoms with E-state index in [0.29, 0.717) is 27.8 Å². The molecule has 1 aliphatic heterocycles. The van der Waals surface area contributed by atoms with Gasteiger partial charge in [0.2, 0.25) is 0 Å². The van der Waals surface area contributed by atoms with Crippen LogP contribution >= 0.6 is 39.1 Å². The van der Waals surface area contributed by atoms with Crippen molar-refractivity contribution in [2.45, 2.75) is 32.6 Å². The first-order chi connectivity index (χ1) is 15.0. The molecule has 31 heavy (non-hydrogen) atoms. The van der Waals surface area contributed by atoms with E-state index in [4.69, 9.17) is 23.2 Å². The number of hydrogen-bond acceptors (Lipinski definition) is 3. The Morgan fingerprint density at radius 1 is 1.13 bits per heavy atom. The number of rotatable bonds is 5. The Morgan fingerprint density at radius 3 is 2.48 bits per heavy atom. The van der Waals surface area contributed by atoms with Gasteiger partial charge < -0.3 is 0 Å². The van der Waals surface area contributed by atoms with Crippen LogP contribution in [0.5, 0.6) is 0 Å². The topological polar surface area (TPSA) is 52.2 Å². The lowest BCUT2D eigenvalue weighted by atomic mass is 10.0. The number of amides is 1. The van der Waals surface area contributed by atoms with Crippen LogP contribution in [0.15, 0.2) is 46.9 Å². The zero-order valence-corrected chi connectivity index (χ0v) is 20.3. The highest BCUT2D eigenvalue weighted by molar-refractivity contribution is 9.10. The van der Waals surface area contributed by atoms with Gasteiger partial charge in [-0.15, -0.1) is 0 Å². The molecule has 0 aliphatic carbocycles. The van der Waals surface area contributed by atoms with Gasteiger partial charge in [-0.05, 0) is 49.6 Å². The minimum Gasteiger partial charge on any atom is -0.272 e. The Kier molecular flexibility index (Phi) is 7.02.